The van der Waals surface area contributed by atoms with Crippen LogP contribution >= 0.6 is 0 Å². The van der Waals surface area contributed by atoms with Gasteiger partial charge in [-0.2, -0.15) is 0 Å². The van der Waals surface area contributed by atoms with Crippen molar-refractivity contribution in [3.8, 4) is 23.3 Å². The summed E-state index contributed by atoms with van der Waals surface area (Å²) < 4.78 is 4.98. The number of phenolic OH excluding ortho intramolecular Hbond substituents is 1. The predicted molar refractivity (Wildman–Crippen MR) is 77.4 cm³/mol. The molecule has 0 aliphatic carbocycles. The van der Waals surface area contributed by atoms with Crippen LogP contribution in [0.25, 0.3) is 6.08 Å². The molecule has 106 valence electrons. The summed E-state index contributed by atoms with van der Waals surface area (Å²) in [7, 11) is 1.46. The molecule has 1 aromatic rings. The summed E-state index contributed by atoms with van der Waals surface area (Å²) >= 11 is 0. The van der Waals surface area contributed by atoms with Crippen molar-refractivity contribution < 1.29 is 19.7 Å². The number of ketones is 1. The number of phenols is 1. The second-order valence-corrected chi connectivity index (χ2v) is 4.11. The van der Waals surface area contributed by atoms with E-state index in [9.17, 15) is 9.90 Å². The van der Waals surface area contributed by atoms with E-state index in [1.165, 1.54) is 19.3 Å². The van der Waals surface area contributed by atoms with E-state index in [-0.39, 0.29) is 18.1 Å². The molecule has 0 bridgehead atoms. The van der Waals surface area contributed by atoms with Crippen LogP contribution in [0.3, 0.4) is 0 Å². The van der Waals surface area contributed by atoms with Crippen LogP contribution in [0.4, 0.5) is 0 Å². The molecule has 4 heteroatoms. The van der Waals surface area contributed by atoms with Crippen LogP contribution in [-0.4, -0.2) is 29.7 Å². The molecular weight excluding hydrogens is 256 g/mol. The normalized spacial score (nSPS) is 10.1. The third kappa shape index (κ3) is 5.59. The van der Waals surface area contributed by atoms with E-state index in [1.807, 2.05) is 0 Å². The van der Waals surface area contributed by atoms with Gasteiger partial charge in [0, 0.05) is 13.0 Å². The van der Waals surface area contributed by atoms with Crippen LogP contribution < -0.4 is 4.74 Å². The van der Waals surface area contributed by atoms with Gasteiger partial charge in [0.25, 0.3) is 0 Å². The highest BCUT2D eigenvalue weighted by atomic mass is 16.5. The molecule has 0 aromatic heterocycles. The minimum Gasteiger partial charge on any atom is -0.504 e. The summed E-state index contributed by atoms with van der Waals surface area (Å²) in [4.78, 5) is 11.5. The molecule has 0 heterocycles. The van der Waals surface area contributed by atoms with Crippen molar-refractivity contribution >= 4 is 11.9 Å². The predicted octanol–water partition coefficient (Wildman–Crippen LogP) is 2.15. The average Bonchev–Trinajstić information content (AvgIpc) is 2.46. The van der Waals surface area contributed by atoms with Gasteiger partial charge in [0.15, 0.2) is 11.5 Å². The van der Waals surface area contributed by atoms with Crippen molar-refractivity contribution in [2.24, 2.45) is 0 Å². The first-order chi connectivity index (χ1) is 9.67. The van der Waals surface area contributed by atoms with E-state index in [0.29, 0.717) is 18.6 Å². The number of rotatable bonds is 6. The number of allylic oxidation sites excluding steroid dienone is 1. The molecule has 0 spiro atoms. The Morgan fingerprint density at radius 1 is 1.40 bits per heavy atom. The fraction of sp³-hybridized carbons (Fsp3) is 0.312. The summed E-state index contributed by atoms with van der Waals surface area (Å²) in [5, 5.41) is 18.0. The SMILES string of the molecule is COc1cc(/C=C/C(=O)C#CCCCCO)ccc1O. The van der Waals surface area contributed by atoms with Crippen LogP contribution in [0.5, 0.6) is 11.5 Å². The molecule has 0 amide bonds. The van der Waals surface area contributed by atoms with Gasteiger partial charge in [-0.25, -0.2) is 0 Å². The summed E-state index contributed by atoms with van der Waals surface area (Å²) in [5.41, 5.74) is 0.745. The Bertz CT molecular complexity index is 535. The number of hydrogen-bond donors (Lipinski definition) is 2. The maximum Gasteiger partial charge on any atom is 0.228 e. The Morgan fingerprint density at radius 2 is 2.20 bits per heavy atom. The minimum atomic E-state index is -0.277. The molecule has 2 N–H and O–H groups in total. The average molecular weight is 274 g/mol. The van der Waals surface area contributed by atoms with Gasteiger partial charge >= 0.3 is 0 Å². The fourth-order valence-corrected chi connectivity index (χ4v) is 1.49. The third-order valence-electron chi connectivity index (χ3n) is 2.55. The zero-order chi connectivity index (χ0) is 14.8. The van der Waals surface area contributed by atoms with Crippen molar-refractivity contribution in [3.05, 3.63) is 29.8 Å². The molecule has 20 heavy (non-hydrogen) atoms. The van der Waals surface area contributed by atoms with Crippen LogP contribution in [0.15, 0.2) is 24.3 Å². The molecule has 4 nitrogen and oxygen atoms in total. The number of carbonyl (C=O) groups is 1. The van der Waals surface area contributed by atoms with Gasteiger partial charge in [0.05, 0.1) is 7.11 Å². The number of aliphatic hydroxyl groups is 1. The van der Waals surface area contributed by atoms with Gasteiger partial charge in [-0.05, 0) is 42.5 Å². The number of carbonyl (C=O) groups excluding carboxylic acids is 1. The van der Waals surface area contributed by atoms with Gasteiger partial charge in [0.2, 0.25) is 5.78 Å². The summed E-state index contributed by atoms with van der Waals surface area (Å²) in [6.45, 7) is 0.151. The Labute approximate surface area is 118 Å². The first-order valence-electron chi connectivity index (χ1n) is 6.36. The van der Waals surface area contributed by atoms with Crippen molar-refractivity contribution in [2.75, 3.05) is 13.7 Å². The molecule has 1 aromatic carbocycles. The molecule has 0 saturated carbocycles. The van der Waals surface area contributed by atoms with E-state index >= 15 is 0 Å². The lowest BCUT2D eigenvalue weighted by Gasteiger charge is -2.03. The minimum absolute atomic E-state index is 0.0552. The van der Waals surface area contributed by atoms with Gasteiger partial charge in [-0.15, -0.1) is 0 Å². The van der Waals surface area contributed by atoms with Gasteiger partial charge in [-0.3, -0.25) is 4.79 Å². The maximum atomic E-state index is 11.5. The van der Waals surface area contributed by atoms with Crippen molar-refractivity contribution in [1.82, 2.24) is 0 Å². The zero-order valence-electron chi connectivity index (χ0n) is 11.4. The molecular formula is C16H18O4. The number of ether oxygens (including phenoxy) is 1. The first kappa shape index (κ1) is 15.8. The Hall–Kier alpha value is -2.25. The van der Waals surface area contributed by atoms with Crippen molar-refractivity contribution in [1.29, 1.82) is 0 Å². The molecule has 1 rings (SSSR count). The lowest BCUT2D eigenvalue weighted by molar-refractivity contribution is -0.109. The molecule has 0 atom stereocenters. The standard InChI is InChI=1S/C16H18O4/c1-20-16-12-13(8-10-15(16)19)7-9-14(18)6-4-2-3-5-11-17/h7-10,12,17,19H,2-3,5,11H2,1H3/b9-7+. The highest BCUT2D eigenvalue weighted by Crippen LogP contribution is 2.26. The summed E-state index contributed by atoms with van der Waals surface area (Å²) in [6.07, 6.45) is 5.09. The Morgan fingerprint density at radius 3 is 2.90 bits per heavy atom. The number of aliphatic hydroxyl groups excluding tert-OH is 1. The summed E-state index contributed by atoms with van der Waals surface area (Å²) in [6, 6.07) is 4.81. The topological polar surface area (TPSA) is 66.8 Å². The number of hydrogen-bond acceptors (Lipinski definition) is 4. The number of methoxy groups -OCH3 is 1. The van der Waals surface area contributed by atoms with Gasteiger partial charge in [-0.1, -0.05) is 18.1 Å². The number of unbranched alkanes of at least 4 members (excludes halogenated alkanes) is 2. The largest absolute Gasteiger partial charge is 0.504 e. The second-order valence-electron chi connectivity index (χ2n) is 4.11. The van der Waals surface area contributed by atoms with E-state index in [1.54, 1.807) is 18.2 Å². The molecule has 0 saturated heterocycles. The molecule has 0 fully saturated rings. The van der Waals surface area contributed by atoms with Crippen molar-refractivity contribution in [3.63, 3.8) is 0 Å². The van der Waals surface area contributed by atoms with E-state index in [4.69, 9.17) is 9.84 Å². The third-order valence-corrected chi connectivity index (χ3v) is 2.55. The van der Waals surface area contributed by atoms with Crippen molar-refractivity contribution in [2.45, 2.75) is 19.3 Å². The maximum absolute atomic E-state index is 11.5. The number of aromatic hydroxyl groups is 1. The number of benzene rings is 1. The van der Waals surface area contributed by atoms with E-state index in [2.05, 4.69) is 11.8 Å². The van der Waals surface area contributed by atoms with E-state index in [0.717, 1.165) is 12.0 Å². The Balaban J connectivity index is 2.57. The highest BCUT2D eigenvalue weighted by molar-refractivity contribution is 6.06. The Kier molecular flexibility index (Phi) is 6.94. The first-order valence-corrected chi connectivity index (χ1v) is 6.36. The molecule has 0 radical (unpaired) electrons. The van der Waals surface area contributed by atoms with E-state index < -0.39 is 0 Å². The lowest BCUT2D eigenvalue weighted by atomic mass is 10.1. The lowest BCUT2D eigenvalue weighted by Crippen LogP contribution is -1.87. The van der Waals surface area contributed by atoms with Gasteiger partial charge < -0.3 is 14.9 Å². The molecule has 0 unspecified atom stereocenters. The zero-order valence-corrected chi connectivity index (χ0v) is 11.4. The summed E-state index contributed by atoms with van der Waals surface area (Å²) in [5.74, 6) is 5.41. The smallest absolute Gasteiger partial charge is 0.228 e. The monoisotopic (exact) mass is 274 g/mol. The van der Waals surface area contributed by atoms with Crippen LogP contribution in [0, 0.1) is 11.8 Å². The fourth-order valence-electron chi connectivity index (χ4n) is 1.49. The molecule has 0 aliphatic rings. The van der Waals surface area contributed by atoms with Crippen LogP contribution in [0.1, 0.15) is 24.8 Å². The second kappa shape index (κ2) is 8.78. The van der Waals surface area contributed by atoms with Crippen LogP contribution in [-0.2, 0) is 4.79 Å². The quantitative estimate of drug-likeness (QED) is 0.361. The highest BCUT2D eigenvalue weighted by Gasteiger charge is 2.00. The molecule has 0 aliphatic heterocycles. The van der Waals surface area contributed by atoms with Crippen LogP contribution in [0.2, 0.25) is 0 Å². The van der Waals surface area contributed by atoms with Gasteiger partial charge in [0.1, 0.15) is 0 Å².